The van der Waals surface area contributed by atoms with E-state index in [1.165, 1.54) is 0 Å². The highest BCUT2D eigenvalue weighted by Crippen LogP contribution is 2.29. The number of hydrogen-bond acceptors (Lipinski definition) is 6. The van der Waals surface area contributed by atoms with Gasteiger partial charge >= 0.3 is 11.6 Å². The second kappa shape index (κ2) is 8.98. The normalized spacial score (nSPS) is 11.9. The van der Waals surface area contributed by atoms with Gasteiger partial charge in [-0.05, 0) is 69.5 Å². The molecular formula is C28H25NO5. The molecule has 0 aliphatic carbocycles. The van der Waals surface area contributed by atoms with Crippen molar-refractivity contribution in [1.29, 1.82) is 0 Å². The van der Waals surface area contributed by atoms with E-state index in [0.29, 0.717) is 16.8 Å². The van der Waals surface area contributed by atoms with E-state index in [1.807, 2.05) is 52.8 Å². The number of nitrogens with zero attached hydrogens (tertiary/aromatic N) is 1. The van der Waals surface area contributed by atoms with Crippen molar-refractivity contribution in [3.8, 4) is 5.75 Å². The molecule has 0 aliphatic heterocycles. The first kappa shape index (κ1) is 23.0. The Morgan fingerprint density at radius 2 is 1.56 bits per heavy atom. The Hall–Kier alpha value is -4.19. The standard InChI is InChI=1S/C28H25NO5/c1-15-7-6-8-20(13-15)25(30)23(27(31)34-26-18(4)11-17(3)12-19(26)5)24-28(32)33-22-10-9-16(2)14-21(22)29-24/h6-14,30H,1-5H3. The van der Waals surface area contributed by atoms with Crippen LogP contribution >= 0.6 is 0 Å². The number of hydrogen-bond donors (Lipinski definition) is 1. The molecule has 0 spiro atoms. The number of aliphatic hydroxyl groups is 1. The molecule has 0 unspecified atom stereocenters. The molecule has 0 amide bonds. The maximum Gasteiger partial charge on any atom is 0.363 e. The summed E-state index contributed by atoms with van der Waals surface area (Å²) in [6.45, 7) is 9.35. The summed E-state index contributed by atoms with van der Waals surface area (Å²) in [4.78, 5) is 30.8. The third-order valence-electron chi connectivity index (χ3n) is 5.51. The third kappa shape index (κ3) is 4.48. The van der Waals surface area contributed by atoms with E-state index in [9.17, 15) is 14.7 Å². The lowest BCUT2D eigenvalue weighted by molar-refractivity contribution is -0.128. The van der Waals surface area contributed by atoms with E-state index in [-0.39, 0.29) is 16.9 Å². The highest BCUT2D eigenvalue weighted by Gasteiger charge is 2.27. The van der Waals surface area contributed by atoms with Gasteiger partial charge in [-0.2, -0.15) is 0 Å². The van der Waals surface area contributed by atoms with Gasteiger partial charge in [0.1, 0.15) is 22.6 Å². The summed E-state index contributed by atoms with van der Waals surface area (Å²) in [7, 11) is 0. The number of aliphatic hydroxyl groups excluding tert-OH is 1. The molecule has 0 radical (unpaired) electrons. The molecule has 3 aromatic carbocycles. The number of benzene rings is 3. The quantitative estimate of drug-likeness (QED) is 0.182. The summed E-state index contributed by atoms with van der Waals surface area (Å²) in [6.07, 6.45) is 0. The number of carbonyl (C=O) groups excluding carboxylic acids is 1. The molecule has 6 heteroatoms. The molecule has 4 rings (SSSR count). The zero-order chi connectivity index (χ0) is 24.6. The van der Waals surface area contributed by atoms with Crippen LogP contribution in [0.4, 0.5) is 0 Å². The summed E-state index contributed by atoms with van der Waals surface area (Å²) < 4.78 is 11.2. The van der Waals surface area contributed by atoms with E-state index < -0.39 is 17.4 Å². The van der Waals surface area contributed by atoms with Gasteiger partial charge in [0.05, 0.1) is 0 Å². The highest BCUT2D eigenvalue weighted by molar-refractivity contribution is 6.23. The van der Waals surface area contributed by atoms with E-state index in [0.717, 1.165) is 27.8 Å². The number of aromatic nitrogens is 1. The number of rotatable bonds is 4. The average Bonchev–Trinajstić information content (AvgIpc) is 2.77. The fourth-order valence-corrected chi connectivity index (χ4v) is 3.99. The van der Waals surface area contributed by atoms with Crippen molar-refractivity contribution in [2.75, 3.05) is 0 Å². The molecule has 1 heterocycles. The molecular weight excluding hydrogens is 430 g/mol. The first-order valence-electron chi connectivity index (χ1n) is 10.9. The molecule has 6 nitrogen and oxygen atoms in total. The maximum absolute atomic E-state index is 13.5. The van der Waals surface area contributed by atoms with Gasteiger partial charge in [0.2, 0.25) is 0 Å². The maximum atomic E-state index is 13.5. The molecule has 0 fully saturated rings. The molecule has 4 aromatic rings. The summed E-state index contributed by atoms with van der Waals surface area (Å²) >= 11 is 0. The van der Waals surface area contributed by atoms with Gasteiger partial charge in [0, 0.05) is 5.56 Å². The van der Waals surface area contributed by atoms with Crippen LogP contribution < -0.4 is 10.4 Å². The molecule has 0 saturated heterocycles. The molecule has 34 heavy (non-hydrogen) atoms. The SMILES string of the molecule is Cc1cccc(C(O)=C(C(=O)Oc2c(C)cc(C)cc2C)c2nc3cc(C)ccc3oc2=O)c1. The van der Waals surface area contributed by atoms with Crippen LogP contribution in [-0.2, 0) is 4.79 Å². The minimum absolute atomic E-state index is 0.285. The molecule has 1 aromatic heterocycles. The van der Waals surface area contributed by atoms with Gasteiger partial charge < -0.3 is 14.3 Å². The number of carbonyl (C=O) groups is 1. The average molecular weight is 456 g/mol. The third-order valence-corrected chi connectivity index (χ3v) is 5.51. The molecule has 0 aliphatic rings. The van der Waals surface area contributed by atoms with Gasteiger partial charge in [-0.15, -0.1) is 0 Å². The molecule has 172 valence electrons. The van der Waals surface area contributed by atoms with Crippen LogP contribution in [0, 0.1) is 34.6 Å². The molecule has 0 atom stereocenters. The van der Waals surface area contributed by atoms with Crippen molar-refractivity contribution < 1.29 is 19.1 Å². The van der Waals surface area contributed by atoms with Crippen molar-refractivity contribution in [2.24, 2.45) is 0 Å². The second-order valence-corrected chi connectivity index (χ2v) is 8.53. The zero-order valence-electron chi connectivity index (χ0n) is 19.7. The first-order chi connectivity index (χ1) is 16.1. The van der Waals surface area contributed by atoms with Crippen molar-refractivity contribution in [3.05, 3.63) is 104 Å². The van der Waals surface area contributed by atoms with E-state index in [2.05, 4.69) is 4.98 Å². The van der Waals surface area contributed by atoms with Crippen molar-refractivity contribution in [3.63, 3.8) is 0 Å². The lowest BCUT2D eigenvalue weighted by Crippen LogP contribution is -2.20. The van der Waals surface area contributed by atoms with Gasteiger partial charge in [-0.25, -0.2) is 14.6 Å². The van der Waals surface area contributed by atoms with E-state index in [1.54, 1.807) is 36.4 Å². The summed E-state index contributed by atoms with van der Waals surface area (Å²) in [5.74, 6) is -0.949. The monoisotopic (exact) mass is 455 g/mol. The van der Waals surface area contributed by atoms with Crippen LogP contribution in [0.1, 0.15) is 39.1 Å². The highest BCUT2D eigenvalue weighted by atomic mass is 16.5. The van der Waals surface area contributed by atoms with Crippen molar-refractivity contribution >= 4 is 28.4 Å². The Bertz CT molecular complexity index is 1500. The number of esters is 1. The molecule has 0 saturated carbocycles. The topological polar surface area (TPSA) is 89.6 Å². The van der Waals surface area contributed by atoms with Crippen LogP contribution in [0.2, 0.25) is 0 Å². The largest absolute Gasteiger partial charge is 0.506 e. The van der Waals surface area contributed by atoms with Crippen LogP contribution in [0.5, 0.6) is 5.75 Å². The summed E-state index contributed by atoms with van der Waals surface area (Å²) in [5.41, 5.74) is 3.83. The predicted octanol–water partition coefficient (Wildman–Crippen LogP) is 5.76. The molecule has 0 bridgehead atoms. The Morgan fingerprint density at radius 3 is 2.24 bits per heavy atom. The van der Waals surface area contributed by atoms with Crippen molar-refractivity contribution in [1.82, 2.24) is 4.98 Å². The summed E-state index contributed by atoms with van der Waals surface area (Å²) in [6, 6.07) is 15.9. The fraction of sp³-hybridized carbons (Fsp3) is 0.179. The van der Waals surface area contributed by atoms with Crippen LogP contribution in [-0.4, -0.2) is 16.1 Å². The number of ether oxygens (including phenoxy) is 1. The number of aryl methyl sites for hydroxylation is 5. The Balaban J connectivity index is 1.94. The Morgan fingerprint density at radius 1 is 0.882 bits per heavy atom. The van der Waals surface area contributed by atoms with Gasteiger partial charge in [-0.1, -0.05) is 47.5 Å². The van der Waals surface area contributed by atoms with E-state index in [4.69, 9.17) is 9.15 Å². The smallest absolute Gasteiger partial charge is 0.363 e. The zero-order valence-corrected chi connectivity index (χ0v) is 19.7. The van der Waals surface area contributed by atoms with Crippen molar-refractivity contribution in [2.45, 2.75) is 34.6 Å². The second-order valence-electron chi connectivity index (χ2n) is 8.53. The summed E-state index contributed by atoms with van der Waals surface area (Å²) in [5, 5.41) is 11.2. The van der Waals surface area contributed by atoms with Crippen LogP contribution in [0.15, 0.2) is 63.8 Å². The lowest BCUT2D eigenvalue weighted by atomic mass is 10.0. The van der Waals surface area contributed by atoms with E-state index >= 15 is 0 Å². The van der Waals surface area contributed by atoms with Gasteiger partial charge in [-0.3, -0.25) is 0 Å². The lowest BCUT2D eigenvalue weighted by Gasteiger charge is -2.14. The van der Waals surface area contributed by atoms with Crippen LogP contribution in [0.25, 0.3) is 22.4 Å². The minimum atomic E-state index is -0.902. The van der Waals surface area contributed by atoms with Crippen LogP contribution in [0.3, 0.4) is 0 Å². The van der Waals surface area contributed by atoms with Gasteiger partial charge in [0.15, 0.2) is 11.3 Å². The first-order valence-corrected chi connectivity index (χ1v) is 10.9. The Labute approximate surface area is 197 Å². The van der Waals surface area contributed by atoms with Gasteiger partial charge in [0.25, 0.3) is 0 Å². The fourth-order valence-electron chi connectivity index (χ4n) is 3.99. The predicted molar refractivity (Wildman–Crippen MR) is 132 cm³/mol. The Kier molecular flexibility index (Phi) is 6.07. The molecule has 1 N–H and O–H groups in total. The minimum Gasteiger partial charge on any atom is -0.506 e. The number of fused-ring (bicyclic) bond motifs is 1.